The summed E-state index contributed by atoms with van der Waals surface area (Å²) in [7, 11) is 0. The SMILES string of the molecule is CC(=O)[O-].CCCCCCCCCCC[n+]1ccccc1CCCC. The fourth-order valence-corrected chi connectivity index (χ4v) is 2.91. The van der Waals surface area contributed by atoms with Crippen LogP contribution < -0.4 is 9.67 Å². The van der Waals surface area contributed by atoms with Crippen LogP contribution in [0.2, 0.25) is 0 Å². The van der Waals surface area contributed by atoms with Crippen molar-refractivity contribution in [2.45, 2.75) is 104 Å². The van der Waals surface area contributed by atoms with Crippen LogP contribution in [0.4, 0.5) is 0 Å². The molecule has 0 saturated heterocycles. The van der Waals surface area contributed by atoms with Crippen molar-refractivity contribution in [1.82, 2.24) is 0 Å². The Labute approximate surface area is 155 Å². The van der Waals surface area contributed by atoms with Crippen LogP contribution in [0, 0.1) is 0 Å². The number of aliphatic carboxylic acids is 1. The molecule has 0 radical (unpaired) electrons. The Balaban J connectivity index is 0.00000129. The largest absolute Gasteiger partial charge is 0.550 e. The molecule has 0 aliphatic carbocycles. The molecule has 3 heteroatoms. The number of hydrogen-bond donors (Lipinski definition) is 0. The van der Waals surface area contributed by atoms with E-state index in [2.05, 4.69) is 42.8 Å². The Kier molecular flexibility index (Phi) is 16.5. The number of nitrogens with zero attached hydrogens (tertiary/aromatic N) is 1. The average Bonchev–Trinajstić information content (AvgIpc) is 2.59. The molecule has 1 aromatic rings. The summed E-state index contributed by atoms with van der Waals surface area (Å²) in [5.41, 5.74) is 1.51. The number of aromatic nitrogens is 1. The highest BCUT2D eigenvalue weighted by Crippen LogP contribution is 2.09. The van der Waals surface area contributed by atoms with E-state index < -0.39 is 5.97 Å². The summed E-state index contributed by atoms with van der Waals surface area (Å²) in [6.45, 7) is 6.74. The second-order valence-electron chi connectivity index (χ2n) is 6.81. The number of pyridine rings is 1. The molecule has 1 aromatic heterocycles. The number of carboxylic acids is 1. The summed E-state index contributed by atoms with van der Waals surface area (Å²) in [4.78, 5) is 8.89. The van der Waals surface area contributed by atoms with Crippen molar-refractivity contribution in [3.05, 3.63) is 30.1 Å². The third-order valence-electron chi connectivity index (χ3n) is 4.32. The van der Waals surface area contributed by atoms with Crippen molar-refractivity contribution in [2.75, 3.05) is 0 Å². The van der Waals surface area contributed by atoms with Crippen molar-refractivity contribution in [3.63, 3.8) is 0 Å². The van der Waals surface area contributed by atoms with Gasteiger partial charge in [-0.3, -0.25) is 0 Å². The molecule has 0 amide bonds. The molecule has 3 nitrogen and oxygen atoms in total. The van der Waals surface area contributed by atoms with Crippen molar-refractivity contribution < 1.29 is 14.5 Å². The summed E-state index contributed by atoms with van der Waals surface area (Å²) >= 11 is 0. The summed E-state index contributed by atoms with van der Waals surface area (Å²) in [6.07, 6.45) is 18.8. The fraction of sp³-hybridized carbons (Fsp3) is 0.727. The minimum absolute atomic E-state index is 0.972. The second-order valence-corrected chi connectivity index (χ2v) is 6.81. The van der Waals surface area contributed by atoms with Crippen molar-refractivity contribution in [2.24, 2.45) is 0 Å². The molecule has 0 spiro atoms. The number of carbonyl (C=O) groups excluding carboxylic acids is 1. The van der Waals surface area contributed by atoms with Gasteiger partial charge in [-0.15, -0.1) is 0 Å². The van der Waals surface area contributed by atoms with Gasteiger partial charge in [0.05, 0.1) is 0 Å². The van der Waals surface area contributed by atoms with Gasteiger partial charge < -0.3 is 9.90 Å². The standard InChI is InChI=1S/C20H36N.C2H4O2/c1-3-5-7-8-9-10-11-12-14-18-21-19-15-13-17-20(21)16-6-4-2;1-2(3)4/h13,15,17,19H,3-12,14,16,18H2,1-2H3;1H3,(H,3,4)/q+1;/p-1. The molecule has 0 unspecified atom stereocenters. The molecule has 0 aliphatic rings. The first-order chi connectivity index (χ1) is 12.1. The molecule has 0 saturated carbocycles. The molecule has 0 bridgehead atoms. The van der Waals surface area contributed by atoms with Gasteiger partial charge in [0.15, 0.2) is 11.9 Å². The molecule has 0 atom stereocenters. The number of rotatable bonds is 13. The van der Waals surface area contributed by atoms with Crippen LogP contribution in [0.25, 0.3) is 0 Å². The molecule has 0 fully saturated rings. The zero-order valence-corrected chi connectivity index (χ0v) is 16.8. The Morgan fingerprint density at radius 3 is 1.96 bits per heavy atom. The predicted octanol–water partition coefficient (Wildman–Crippen LogP) is 4.60. The second kappa shape index (κ2) is 17.4. The Morgan fingerprint density at radius 1 is 0.880 bits per heavy atom. The maximum Gasteiger partial charge on any atom is 0.181 e. The Bertz CT molecular complexity index is 428. The van der Waals surface area contributed by atoms with E-state index >= 15 is 0 Å². The fourth-order valence-electron chi connectivity index (χ4n) is 2.91. The molecule has 0 N–H and O–H groups in total. The Morgan fingerprint density at radius 2 is 1.40 bits per heavy atom. The third kappa shape index (κ3) is 15.9. The molecule has 144 valence electrons. The van der Waals surface area contributed by atoms with Crippen LogP contribution in [0.15, 0.2) is 24.4 Å². The first kappa shape index (κ1) is 23.6. The van der Waals surface area contributed by atoms with E-state index in [9.17, 15) is 0 Å². The number of aryl methyl sites for hydroxylation is 2. The maximum atomic E-state index is 8.89. The van der Waals surface area contributed by atoms with Crippen LogP contribution in [-0.2, 0) is 17.8 Å². The van der Waals surface area contributed by atoms with Gasteiger partial charge in [-0.2, -0.15) is 0 Å². The van der Waals surface area contributed by atoms with Crippen LogP contribution in [0.1, 0.15) is 97.1 Å². The average molecular weight is 350 g/mol. The summed E-state index contributed by atoms with van der Waals surface area (Å²) in [5, 5.41) is 8.89. The van der Waals surface area contributed by atoms with Crippen molar-refractivity contribution >= 4 is 5.97 Å². The van der Waals surface area contributed by atoms with E-state index in [4.69, 9.17) is 9.90 Å². The minimum atomic E-state index is -1.08. The summed E-state index contributed by atoms with van der Waals surface area (Å²) in [5.74, 6) is -1.08. The zero-order valence-electron chi connectivity index (χ0n) is 16.8. The maximum absolute atomic E-state index is 8.89. The first-order valence-corrected chi connectivity index (χ1v) is 10.3. The molecular weight excluding hydrogens is 310 g/mol. The molecule has 1 heterocycles. The third-order valence-corrected chi connectivity index (χ3v) is 4.32. The van der Waals surface area contributed by atoms with Crippen LogP contribution in [0.5, 0.6) is 0 Å². The zero-order chi connectivity index (χ0) is 18.8. The Hall–Kier alpha value is -1.38. The van der Waals surface area contributed by atoms with E-state index in [1.54, 1.807) is 0 Å². The highest BCUT2D eigenvalue weighted by atomic mass is 16.4. The number of hydrogen-bond acceptors (Lipinski definition) is 2. The number of unbranched alkanes of at least 4 members (excludes halogenated alkanes) is 9. The first-order valence-electron chi connectivity index (χ1n) is 10.3. The van der Waals surface area contributed by atoms with E-state index in [0.29, 0.717) is 0 Å². The van der Waals surface area contributed by atoms with Gasteiger partial charge in [-0.25, -0.2) is 4.57 Å². The lowest BCUT2D eigenvalue weighted by Gasteiger charge is -2.04. The predicted molar refractivity (Wildman–Crippen MR) is 103 cm³/mol. The van der Waals surface area contributed by atoms with Gasteiger partial charge in [0.2, 0.25) is 0 Å². The van der Waals surface area contributed by atoms with E-state index in [1.807, 2.05) is 0 Å². The van der Waals surface area contributed by atoms with Gasteiger partial charge in [-0.1, -0.05) is 71.3 Å². The van der Waals surface area contributed by atoms with Gasteiger partial charge in [0.25, 0.3) is 0 Å². The lowest BCUT2D eigenvalue weighted by atomic mass is 10.1. The van der Waals surface area contributed by atoms with E-state index in [1.165, 1.54) is 89.3 Å². The smallest absolute Gasteiger partial charge is 0.181 e. The summed E-state index contributed by atoms with van der Waals surface area (Å²) in [6, 6.07) is 6.64. The van der Waals surface area contributed by atoms with Gasteiger partial charge in [0.1, 0.15) is 6.54 Å². The van der Waals surface area contributed by atoms with Crippen LogP contribution >= 0.6 is 0 Å². The lowest BCUT2D eigenvalue weighted by Crippen LogP contribution is -2.37. The highest BCUT2D eigenvalue weighted by molar-refractivity contribution is 5.60. The monoisotopic (exact) mass is 349 g/mol. The van der Waals surface area contributed by atoms with Crippen molar-refractivity contribution in [3.8, 4) is 0 Å². The number of carboxylic acid groups (broad SMARTS) is 1. The van der Waals surface area contributed by atoms with Gasteiger partial charge in [-0.05, 0) is 19.8 Å². The van der Waals surface area contributed by atoms with E-state index in [0.717, 1.165) is 6.92 Å². The van der Waals surface area contributed by atoms with E-state index in [-0.39, 0.29) is 0 Å². The minimum Gasteiger partial charge on any atom is -0.550 e. The molecule has 1 rings (SSSR count). The topological polar surface area (TPSA) is 44.0 Å². The molecular formula is C22H39NO2. The van der Waals surface area contributed by atoms with Crippen LogP contribution in [0.3, 0.4) is 0 Å². The molecule has 0 aromatic carbocycles. The molecule has 25 heavy (non-hydrogen) atoms. The lowest BCUT2D eigenvalue weighted by molar-refractivity contribution is -0.704. The highest BCUT2D eigenvalue weighted by Gasteiger charge is 2.08. The normalized spacial score (nSPS) is 10.2. The van der Waals surface area contributed by atoms with Gasteiger partial charge in [0, 0.05) is 30.9 Å². The van der Waals surface area contributed by atoms with Gasteiger partial charge >= 0.3 is 0 Å². The quantitative estimate of drug-likeness (QED) is 0.386. The van der Waals surface area contributed by atoms with Crippen LogP contribution in [-0.4, -0.2) is 5.97 Å². The molecule has 0 aliphatic heterocycles. The summed E-state index contributed by atoms with van der Waals surface area (Å²) < 4.78 is 2.47. The number of carbonyl (C=O) groups is 1. The van der Waals surface area contributed by atoms with Crippen molar-refractivity contribution in [1.29, 1.82) is 0 Å².